The number of pyridine rings is 2. The molecule has 0 fully saturated rings. The lowest BCUT2D eigenvalue weighted by Gasteiger charge is -2.07. The molecule has 0 radical (unpaired) electrons. The van der Waals surface area contributed by atoms with Gasteiger partial charge in [0.15, 0.2) is 0 Å². The number of benzene rings is 2. The molecule has 8 bridgehead atoms. The monoisotopic (exact) mass is 808 g/mol. The van der Waals surface area contributed by atoms with Gasteiger partial charge in [0.25, 0.3) is 0 Å². The lowest BCUT2D eigenvalue weighted by molar-refractivity contribution is 1.29. The second-order valence-corrected chi connectivity index (χ2v) is 26.6. The lowest BCUT2D eigenvalue weighted by Crippen LogP contribution is -2.16. The normalized spacial score (nSPS) is 12.1. The third-order valence-electron chi connectivity index (χ3n) is 10.2. The van der Waals surface area contributed by atoms with Crippen LogP contribution in [-0.2, 0) is 0 Å². The summed E-state index contributed by atoms with van der Waals surface area (Å²) in [6.07, 6.45) is 15.8. The highest BCUT2D eigenvalue weighted by molar-refractivity contribution is 6.84. The number of rotatable bonds is 4. The van der Waals surface area contributed by atoms with Crippen LogP contribution in [0.25, 0.3) is 90.9 Å². The van der Waals surface area contributed by atoms with Crippen molar-refractivity contribution in [2.45, 2.75) is 39.3 Å². The van der Waals surface area contributed by atoms with Gasteiger partial charge in [-0.3, -0.25) is 9.97 Å². The largest absolute Gasteiger partial charge is 0.354 e. The number of aromatic amines is 2. The number of H-pyrrole nitrogens is 2. The van der Waals surface area contributed by atoms with Crippen molar-refractivity contribution >= 4 is 62.5 Å². The summed E-state index contributed by atoms with van der Waals surface area (Å²) in [5.74, 6) is 6.83. The first kappa shape index (κ1) is 38.4. The molecule has 7 aromatic rings. The molecule has 0 unspecified atom stereocenters. The average molecular weight is 809 g/mol. The Hall–Kier alpha value is -7.11. The Labute approximate surface area is 353 Å². The maximum Gasteiger partial charge on any atom is 0.129 e. The van der Waals surface area contributed by atoms with E-state index in [1.165, 1.54) is 0 Å². The molecule has 0 atom stereocenters. The van der Waals surface area contributed by atoms with E-state index in [0.717, 1.165) is 100 Å². The van der Waals surface area contributed by atoms with Crippen molar-refractivity contribution < 1.29 is 0 Å². The van der Waals surface area contributed by atoms with Gasteiger partial charge in [0.1, 0.15) is 16.1 Å². The van der Waals surface area contributed by atoms with Crippen LogP contribution in [0.15, 0.2) is 122 Å². The van der Waals surface area contributed by atoms with Crippen LogP contribution in [0.3, 0.4) is 0 Å². The van der Waals surface area contributed by atoms with Crippen molar-refractivity contribution in [3.05, 3.63) is 156 Å². The van der Waals surface area contributed by atoms with Gasteiger partial charge in [-0.1, -0.05) is 75.4 Å². The summed E-state index contributed by atoms with van der Waals surface area (Å²) in [5.41, 5.74) is 24.2. The molecular weight excluding hydrogens is 765 g/mol. The molecule has 0 saturated heterocycles. The minimum absolute atomic E-state index is 0.850. The molecule has 7 heterocycles. The lowest BCUT2D eigenvalue weighted by atomic mass is 10.0. The van der Waals surface area contributed by atoms with Gasteiger partial charge in [0.05, 0.1) is 22.8 Å². The van der Waals surface area contributed by atoms with Crippen molar-refractivity contribution in [2.75, 3.05) is 0 Å². The predicted octanol–water partition coefficient (Wildman–Crippen LogP) is 12.6. The molecule has 9 rings (SSSR count). The highest BCUT2D eigenvalue weighted by atomic mass is 28.3. The van der Waals surface area contributed by atoms with Gasteiger partial charge in [0, 0.05) is 80.2 Å². The number of fused-ring (bicyclic) bond motifs is 8. The molecule has 8 heteroatoms. The third-order valence-corrected chi connectivity index (χ3v) is 12.0. The number of hydrogen-bond donors (Lipinski definition) is 2. The SMILES string of the molecule is C[Si](C)(C)C#Cc1ccc(-c2c3nc(c(-c4ccncc4)c4ccc([nH]4)c(-c4ccc(C#C[Si](C)(C)C)cc4)c4nc(c(-c5ccncc5)c5ccc2[nH]5)C=C4)C=C3)cc1. The van der Waals surface area contributed by atoms with E-state index >= 15 is 0 Å². The van der Waals surface area contributed by atoms with Crippen molar-refractivity contribution in [1.82, 2.24) is 29.9 Å². The standard InChI is InChI=1S/C52H44N6Si2/c1-59(2,3)33-27-35-7-11-37(12-8-35)49-41-15-19-45(55-41)51(39-23-29-53-30-24-39)47-21-17-43(57-47)50(38-13-9-36(10-14-38)28-34-60(4,5)6)44-18-22-48(58-44)52(40-25-31-54-32-26-40)46-20-16-42(49)56-46/h7-26,29-32,55,58H,1-6H3. The summed E-state index contributed by atoms with van der Waals surface area (Å²) in [5, 5.41) is 0. The van der Waals surface area contributed by atoms with Crippen LogP contribution < -0.4 is 0 Å². The molecule has 2 aliphatic rings. The first-order valence-electron chi connectivity index (χ1n) is 20.2. The van der Waals surface area contributed by atoms with E-state index < -0.39 is 16.1 Å². The van der Waals surface area contributed by atoms with Crippen LogP contribution >= 0.6 is 0 Å². The van der Waals surface area contributed by atoms with Crippen molar-refractivity contribution in [2.24, 2.45) is 0 Å². The van der Waals surface area contributed by atoms with E-state index in [0.29, 0.717) is 0 Å². The van der Waals surface area contributed by atoms with E-state index in [1.807, 2.05) is 49.1 Å². The van der Waals surface area contributed by atoms with E-state index in [9.17, 15) is 0 Å². The third kappa shape index (κ3) is 8.12. The van der Waals surface area contributed by atoms with Crippen molar-refractivity contribution in [3.8, 4) is 67.4 Å². The molecular formula is C52H44N6Si2. The van der Waals surface area contributed by atoms with Crippen LogP contribution in [0.1, 0.15) is 33.9 Å². The number of nitrogens with one attached hydrogen (secondary N) is 2. The fourth-order valence-corrected chi connectivity index (χ4v) is 8.46. The zero-order valence-corrected chi connectivity index (χ0v) is 36.6. The molecule has 0 saturated carbocycles. The topological polar surface area (TPSA) is 83.1 Å². The second kappa shape index (κ2) is 15.6. The molecule has 5 aromatic heterocycles. The number of hydrogen-bond acceptors (Lipinski definition) is 4. The molecule has 0 spiro atoms. The van der Waals surface area contributed by atoms with E-state index in [-0.39, 0.29) is 0 Å². The first-order valence-corrected chi connectivity index (χ1v) is 27.2. The smallest absolute Gasteiger partial charge is 0.129 e. The Kier molecular flexibility index (Phi) is 9.97. The highest BCUT2D eigenvalue weighted by Gasteiger charge is 2.19. The zero-order valence-electron chi connectivity index (χ0n) is 34.6. The van der Waals surface area contributed by atoms with E-state index in [1.54, 1.807) is 0 Å². The molecule has 2 N–H and O–H groups in total. The fourth-order valence-electron chi connectivity index (χ4n) is 7.42. The van der Waals surface area contributed by atoms with Gasteiger partial charge in [0.2, 0.25) is 0 Å². The fraction of sp³-hybridized carbons (Fsp3) is 0.115. The maximum atomic E-state index is 5.42. The minimum atomic E-state index is -1.54. The molecule has 6 nitrogen and oxygen atoms in total. The average Bonchev–Trinajstić information content (AvgIpc) is 4.09. The second-order valence-electron chi connectivity index (χ2n) is 17.1. The summed E-state index contributed by atoms with van der Waals surface area (Å²) >= 11 is 0. The van der Waals surface area contributed by atoms with Gasteiger partial charge in [-0.05, 0) is 119 Å². The minimum Gasteiger partial charge on any atom is -0.354 e. The summed E-state index contributed by atoms with van der Waals surface area (Å²) in [6.45, 7) is 13.6. The molecule has 0 aliphatic carbocycles. The summed E-state index contributed by atoms with van der Waals surface area (Å²) in [4.78, 5) is 27.2. The number of nitrogens with zero attached hydrogens (tertiary/aromatic N) is 4. The number of aromatic nitrogens is 6. The van der Waals surface area contributed by atoms with Crippen LogP contribution in [0.2, 0.25) is 39.3 Å². The molecule has 2 aromatic carbocycles. The predicted molar refractivity (Wildman–Crippen MR) is 257 cm³/mol. The Morgan fingerprint density at radius 1 is 0.367 bits per heavy atom. The maximum absolute atomic E-state index is 5.42. The van der Waals surface area contributed by atoms with E-state index in [4.69, 9.17) is 9.97 Å². The quantitative estimate of drug-likeness (QED) is 0.137. The van der Waals surface area contributed by atoms with Gasteiger partial charge in [-0.25, -0.2) is 9.97 Å². The summed E-state index contributed by atoms with van der Waals surface area (Å²) < 4.78 is 0. The van der Waals surface area contributed by atoms with Crippen molar-refractivity contribution in [1.29, 1.82) is 0 Å². The van der Waals surface area contributed by atoms with Crippen LogP contribution in [0.5, 0.6) is 0 Å². The summed E-state index contributed by atoms with van der Waals surface area (Å²) in [7, 11) is -3.07. The van der Waals surface area contributed by atoms with Crippen LogP contribution in [-0.4, -0.2) is 46.1 Å². The Bertz CT molecular complexity index is 2920. The van der Waals surface area contributed by atoms with Gasteiger partial charge < -0.3 is 9.97 Å². The van der Waals surface area contributed by atoms with Gasteiger partial charge in [-0.2, -0.15) is 0 Å². The summed E-state index contributed by atoms with van der Waals surface area (Å²) in [6, 6.07) is 33.8. The van der Waals surface area contributed by atoms with Gasteiger partial charge >= 0.3 is 0 Å². The van der Waals surface area contributed by atoms with Gasteiger partial charge in [-0.15, -0.1) is 11.1 Å². The molecule has 0 amide bonds. The van der Waals surface area contributed by atoms with E-state index in [2.05, 4.69) is 179 Å². The molecule has 290 valence electrons. The highest BCUT2D eigenvalue weighted by Crippen LogP contribution is 2.38. The zero-order chi connectivity index (χ0) is 41.4. The Morgan fingerprint density at radius 3 is 0.933 bits per heavy atom. The van der Waals surface area contributed by atoms with Crippen LogP contribution in [0.4, 0.5) is 0 Å². The first-order chi connectivity index (χ1) is 29.0. The van der Waals surface area contributed by atoms with Crippen LogP contribution in [0, 0.1) is 22.9 Å². The Balaban J connectivity index is 1.37. The van der Waals surface area contributed by atoms with Crippen molar-refractivity contribution in [3.63, 3.8) is 0 Å². The molecule has 2 aliphatic heterocycles. The Morgan fingerprint density at radius 2 is 0.650 bits per heavy atom. The molecule has 60 heavy (non-hydrogen) atoms.